The highest BCUT2D eigenvalue weighted by Gasteiger charge is 2.17. The smallest absolute Gasteiger partial charge is 0.173 e. The number of carbonyl (C=O) groups excluding carboxylic acids is 1. The van der Waals surface area contributed by atoms with Crippen molar-refractivity contribution >= 4 is 39.1 Å². The third kappa shape index (κ3) is 4.21. The van der Waals surface area contributed by atoms with Crippen LogP contribution in [0.1, 0.15) is 27.9 Å². The van der Waals surface area contributed by atoms with Crippen molar-refractivity contribution < 1.29 is 9.18 Å². The van der Waals surface area contributed by atoms with Crippen molar-refractivity contribution in [1.82, 2.24) is 15.2 Å². The third-order valence-corrected chi connectivity index (χ3v) is 6.47. The largest absolute Gasteiger partial charge is 0.293 e. The van der Waals surface area contributed by atoms with Crippen LogP contribution in [0.4, 0.5) is 4.39 Å². The first-order valence-electron chi connectivity index (χ1n) is 9.20. The Bertz CT molecular complexity index is 1170. The van der Waals surface area contributed by atoms with Crippen molar-refractivity contribution in [2.45, 2.75) is 25.3 Å². The van der Waals surface area contributed by atoms with Gasteiger partial charge >= 0.3 is 0 Å². The molecule has 0 N–H and O–H groups in total. The van der Waals surface area contributed by atoms with Gasteiger partial charge in [-0.1, -0.05) is 43.0 Å². The number of thioether (sulfide) groups is 1. The van der Waals surface area contributed by atoms with Gasteiger partial charge in [0.05, 0.1) is 15.5 Å². The number of aryl methyl sites for hydroxylation is 2. The molecule has 0 unspecified atom stereocenters. The SMILES string of the molecule is CCc1ccc(C(=O)CSc2nnc(-c3ccc(F)cc3)c3sc(C)nc23)cc1. The Morgan fingerprint density at radius 2 is 1.79 bits per heavy atom. The van der Waals surface area contributed by atoms with Crippen molar-refractivity contribution in [3.8, 4) is 11.3 Å². The van der Waals surface area contributed by atoms with Crippen molar-refractivity contribution in [3.63, 3.8) is 0 Å². The van der Waals surface area contributed by atoms with E-state index in [0.29, 0.717) is 16.3 Å². The van der Waals surface area contributed by atoms with Crippen LogP contribution in [0.25, 0.3) is 21.5 Å². The van der Waals surface area contributed by atoms with E-state index in [0.717, 1.165) is 27.2 Å². The van der Waals surface area contributed by atoms with Crippen LogP contribution in [0.2, 0.25) is 0 Å². The van der Waals surface area contributed by atoms with Gasteiger partial charge in [0.25, 0.3) is 0 Å². The third-order valence-electron chi connectivity index (χ3n) is 4.53. The van der Waals surface area contributed by atoms with Crippen molar-refractivity contribution in [3.05, 3.63) is 70.5 Å². The molecule has 2 heterocycles. The zero-order valence-electron chi connectivity index (χ0n) is 16.0. The molecule has 4 aromatic rings. The van der Waals surface area contributed by atoms with Gasteiger partial charge in [-0.3, -0.25) is 4.79 Å². The van der Waals surface area contributed by atoms with E-state index in [-0.39, 0.29) is 17.4 Å². The summed E-state index contributed by atoms with van der Waals surface area (Å²) < 4.78 is 14.2. The minimum Gasteiger partial charge on any atom is -0.293 e. The molecule has 0 aliphatic carbocycles. The van der Waals surface area contributed by atoms with Crippen LogP contribution in [0.5, 0.6) is 0 Å². The maximum Gasteiger partial charge on any atom is 0.173 e. The molecule has 0 saturated heterocycles. The summed E-state index contributed by atoms with van der Waals surface area (Å²) in [6, 6.07) is 13.9. The number of thiazole rings is 1. The highest BCUT2D eigenvalue weighted by molar-refractivity contribution is 8.00. The molecular weight excluding hydrogens is 405 g/mol. The molecule has 0 saturated carbocycles. The first-order valence-corrected chi connectivity index (χ1v) is 11.0. The lowest BCUT2D eigenvalue weighted by Crippen LogP contribution is -2.03. The van der Waals surface area contributed by atoms with Gasteiger partial charge in [0, 0.05) is 11.1 Å². The van der Waals surface area contributed by atoms with E-state index >= 15 is 0 Å². The summed E-state index contributed by atoms with van der Waals surface area (Å²) in [7, 11) is 0. The molecule has 146 valence electrons. The van der Waals surface area contributed by atoms with Crippen LogP contribution in [-0.4, -0.2) is 26.7 Å². The first-order chi connectivity index (χ1) is 14.0. The number of carbonyl (C=O) groups is 1. The molecule has 0 aliphatic rings. The Balaban J connectivity index is 1.60. The maximum atomic E-state index is 13.3. The molecule has 0 amide bonds. The van der Waals surface area contributed by atoms with Gasteiger partial charge in [-0.25, -0.2) is 9.37 Å². The summed E-state index contributed by atoms with van der Waals surface area (Å²) in [5, 5.41) is 10.2. The van der Waals surface area contributed by atoms with Gasteiger partial charge in [0.15, 0.2) is 5.78 Å². The Kier molecular flexibility index (Phi) is 5.69. The molecule has 0 bridgehead atoms. The number of nitrogens with zero attached hydrogens (tertiary/aromatic N) is 3. The monoisotopic (exact) mass is 423 g/mol. The van der Waals surface area contributed by atoms with Crippen LogP contribution in [0, 0.1) is 12.7 Å². The number of halogens is 1. The molecular formula is C22H18FN3OS2. The fourth-order valence-electron chi connectivity index (χ4n) is 2.96. The molecule has 29 heavy (non-hydrogen) atoms. The van der Waals surface area contributed by atoms with E-state index in [9.17, 15) is 9.18 Å². The van der Waals surface area contributed by atoms with Gasteiger partial charge in [0.1, 0.15) is 22.1 Å². The minimum atomic E-state index is -0.295. The number of ketones is 1. The lowest BCUT2D eigenvalue weighted by Gasteiger charge is -2.05. The summed E-state index contributed by atoms with van der Waals surface area (Å²) in [6.07, 6.45) is 0.945. The van der Waals surface area contributed by atoms with E-state index in [1.165, 1.54) is 40.8 Å². The summed E-state index contributed by atoms with van der Waals surface area (Å²) in [5.74, 6) is 0.0140. The molecule has 0 radical (unpaired) electrons. The molecule has 0 atom stereocenters. The highest BCUT2D eigenvalue weighted by Crippen LogP contribution is 2.35. The standard InChI is InChI=1S/C22H18FN3OS2/c1-3-14-4-6-15(7-5-14)18(27)12-28-22-20-21(29-13(2)24-20)19(25-26-22)16-8-10-17(23)11-9-16/h4-11H,3,12H2,1-2H3. The summed E-state index contributed by atoms with van der Waals surface area (Å²) in [5.41, 5.74) is 4.10. The van der Waals surface area contributed by atoms with Gasteiger partial charge in [-0.2, -0.15) is 0 Å². The number of hydrogen-bond donors (Lipinski definition) is 0. The molecule has 2 aromatic heterocycles. The maximum absolute atomic E-state index is 13.3. The second kappa shape index (κ2) is 8.39. The second-order valence-corrected chi connectivity index (χ2v) is 8.70. The second-order valence-electron chi connectivity index (χ2n) is 6.53. The Morgan fingerprint density at radius 3 is 2.48 bits per heavy atom. The predicted octanol–water partition coefficient (Wildman–Crippen LogP) is 5.74. The van der Waals surface area contributed by atoms with E-state index in [1.54, 1.807) is 12.1 Å². The Morgan fingerprint density at radius 1 is 1.07 bits per heavy atom. The number of benzene rings is 2. The molecule has 0 spiro atoms. The molecule has 2 aromatic carbocycles. The van der Waals surface area contributed by atoms with Gasteiger partial charge < -0.3 is 0 Å². The lowest BCUT2D eigenvalue weighted by molar-refractivity contribution is 0.102. The molecule has 0 aliphatic heterocycles. The van der Waals surface area contributed by atoms with Crippen molar-refractivity contribution in [2.24, 2.45) is 0 Å². The van der Waals surface area contributed by atoms with E-state index < -0.39 is 0 Å². The van der Waals surface area contributed by atoms with Crippen LogP contribution in [0.15, 0.2) is 53.6 Å². The lowest BCUT2D eigenvalue weighted by atomic mass is 10.1. The van der Waals surface area contributed by atoms with Crippen LogP contribution in [-0.2, 0) is 6.42 Å². The fraction of sp³-hybridized carbons (Fsp3) is 0.182. The summed E-state index contributed by atoms with van der Waals surface area (Å²) in [4.78, 5) is 17.2. The average molecular weight is 424 g/mol. The Hall–Kier alpha value is -2.64. The van der Waals surface area contributed by atoms with Crippen molar-refractivity contribution in [1.29, 1.82) is 0 Å². The number of rotatable bonds is 6. The normalized spacial score (nSPS) is 11.1. The summed E-state index contributed by atoms with van der Waals surface area (Å²) >= 11 is 2.86. The van der Waals surface area contributed by atoms with Crippen LogP contribution in [0.3, 0.4) is 0 Å². The fourth-order valence-corrected chi connectivity index (χ4v) is 4.77. The van der Waals surface area contributed by atoms with Crippen molar-refractivity contribution in [2.75, 3.05) is 5.75 Å². The Labute approximate surface area is 176 Å². The predicted molar refractivity (Wildman–Crippen MR) is 116 cm³/mol. The number of Topliss-reactive ketones (excluding diaryl/α,β-unsaturated/α-hetero) is 1. The quantitative estimate of drug-likeness (QED) is 0.292. The first kappa shape index (κ1) is 19.7. The van der Waals surface area contributed by atoms with Gasteiger partial charge in [0.2, 0.25) is 0 Å². The minimum absolute atomic E-state index is 0.0437. The topological polar surface area (TPSA) is 55.7 Å². The zero-order valence-corrected chi connectivity index (χ0v) is 17.6. The molecule has 4 nitrogen and oxygen atoms in total. The van der Waals surface area contributed by atoms with Crippen LogP contribution >= 0.6 is 23.1 Å². The summed E-state index contributed by atoms with van der Waals surface area (Å²) in [6.45, 7) is 4.01. The average Bonchev–Trinajstić information content (AvgIpc) is 3.14. The van der Waals surface area contributed by atoms with Gasteiger partial charge in [-0.05, 0) is 43.2 Å². The molecule has 0 fully saturated rings. The van der Waals surface area contributed by atoms with E-state index in [2.05, 4.69) is 22.1 Å². The molecule has 4 rings (SSSR count). The van der Waals surface area contributed by atoms with E-state index in [4.69, 9.17) is 0 Å². The number of hydrogen-bond acceptors (Lipinski definition) is 6. The van der Waals surface area contributed by atoms with Crippen LogP contribution < -0.4 is 0 Å². The zero-order chi connectivity index (χ0) is 20.4. The van der Waals surface area contributed by atoms with E-state index in [1.807, 2.05) is 31.2 Å². The molecule has 7 heteroatoms. The highest BCUT2D eigenvalue weighted by atomic mass is 32.2. The van der Waals surface area contributed by atoms with Gasteiger partial charge in [-0.15, -0.1) is 21.5 Å². The number of fused-ring (bicyclic) bond motifs is 1. The number of aromatic nitrogens is 3.